The van der Waals surface area contributed by atoms with E-state index in [0.717, 1.165) is 38.4 Å². The van der Waals surface area contributed by atoms with Crippen molar-refractivity contribution in [3.05, 3.63) is 0 Å². The van der Waals surface area contributed by atoms with Gasteiger partial charge in [0.2, 0.25) is 5.91 Å². The smallest absolute Gasteiger partial charge is 0.237 e. The lowest BCUT2D eigenvalue weighted by atomic mass is 9.93. The summed E-state index contributed by atoms with van der Waals surface area (Å²) in [5.41, 5.74) is 4.96. The van der Waals surface area contributed by atoms with Crippen molar-refractivity contribution in [3.8, 4) is 0 Å². The molecule has 1 aliphatic heterocycles. The van der Waals surface area contributed by atoms with E-state index in [2.05, 4.69) is 29.2 Å². The third-order valence-corrected chi connectivity index (χ3v) is 4.86. The minimum absolute atomic E-state index is 0.243. The van der Waals surface area contributed by atoms with Gasteiger partial charge in [-0.3, -0.25) is 4.79 Å². The van der Waals surface area contributed by atoms with Crippen LogP contribution >= 0.6 is 0 Å². The van der Waals surface area contributed by atoms with Crippen LogP contribution < -0.4 is 11.1 Å². The number of carbonyl (C=O) groups excluding carboxylic acids is 1. The molecule has 0 aliphatic carbocycles. The van der Waals surface area contributed by atoms with Crippen LogP contribution in [0.25, 0.3) is 0 Å². The molecule has 124 valence electrons. The number of likely N-dealkylation sites (N-methyl/N-ethyl adjacent to an activating group) is 1. The van der Waals surface area contributed by atoms with Gasteiger partial charge >= 0.3 is 0 Å². The number of hydrogen-bond acceptors (Lipinski definition) is 4. The van der Waals surface area contributed by atoms with Crippen LogP contribution in [0.3, 0.4) is 0 Å². The highest BCUT2D eigenvalue weighted by molar-refractivity contribution is 5.84. The van der Waals surface area contributed by atoms with Crippen LogP contribution in [-0.4, -0.2) is 67.6 Å². The summed E-state index contributed by atoms with van der Waals surface area (Å²) in [6, 6.07) is 0.720. The molecule has 5 heteroatoms. The van der Waals surface area contributed by atoms with Gasteiger partial charge in [-0.25, -0.2) is 0 Å². The Morgan fingerprint density at radius 2 is 2.00 bits per heavy atom. The van der Waals surface area contributed by atoms with Gasteiger partial charge in [-0.15, -0.1) is 0 Å². The lowest BCUT2D eigenvalue weighted by Crippen LogP contribution is -2.53. The van der Waals surface area contributed by atoms with Gasteiger partial charge < -0.3 is 20.9 Å². The Morgan fingerprint density at radius 1 is 1.38 bits per heavy atom. The van der Waals surface area contributed by atoms with Crippen LogP contribution in [0.2, 0.25) is 0 Å². The zero-order chi connectivity index (χ0) is 15.9. The number of likely N-dealkylation sites (tertiary alicyclic amines) is 1. The van der Waals surface area contributed by atoms with Crippen molar-refractivity contribution in [3.63, 3.8) is 0 Å². The molecule has 0 radical (unpaired) electrons. The van der Waals surface area contributed by atoms with E-state index < -0.39 is 5.54 Å². The molecule has 1 heterocycles. The van der Waals surface area contributed by atoms with Crippen molar-refractivity contribution in [2.45, 2.75) is 57.5 Å². The summed E-state index contributed by atoms with van der Waals surface area (Å²) in [5.74, 6) is -0.243. The lowest BCUT2D eigenvalue weighted by Gasteiger charge is -2.35. The molecule has 1 amide bonds. The van der Waals surface area contributed by atoms with E-state index in [4.69, 9.17) is 5.73 Å². The number of nitrogens with one attached hydrogen (secondary N) is 1. The summed E-state index contributed by atoms with van der Waals surface area (Å²) in [4.78, 5) is 16.5. The highest BCUT2D eigenvalue weighted by Crippen LogP contribution is 2.17. The first-order valence-electron chi connectivity index (χ1n) is 8.32. The summed E-state index contributed by atoms with van der Waals surface area (Å²) < 4.78 is 0. The van der Waals surface area contributed by atoms with Crippen molar-refractivity contribution in [1.29, 1.82) is 0 Å². The Bertz CT molecular complexity index is 315. The van der Waals surface area contributed by atoms with Gasteiger partial charge in [0, 0.05) is 6.04 Å². The molecular formula is C16H34N4O. The molecule has 21 heavy (non-hydrogen) atoms. The normalized spacial score (nSPS) is 20.6. The first-order valence-corrected chi connectivity index (χ1v) is 8.32. The third-order valence-electron chi connectivity index (χ3n) is 4.86. The Kier molecular flexibility index (Phi) is 7.63. The van der Waals surface area contributed by atoms with E-state index >= 15 is 0 Å². The fraction of sp³-hybridized carbons (Fsp3) is 0.938. The van der Waals surface area contributed by atoms with Crippen LogP contribution in [0.15, 0.2) is 0 Å². The summed E-state index contributed by atoms with van der Waals surface area (Å²) in [5, 5.41) is 3.22. The summed E-state index contributed by atoms with van der Waals surface area (Å²) >= 11 is 0. The van der Waals surface area contributed by atoms with Gasteiger partial charge in [0.05, 0.1) is 5.54 Å². The number of nitrogens with two attached hydrogens (primary N) is 1. The SMILES string of the molecule is CCNC(C)(CCCCN(C)C1CCN(C)CC1)C(N)=O. The molecule has 1 saturated heterocycles. The predicted octanol–water partition coefficient (Wildman–Crippen LogP) is 1.04. The minimum atomic E-state index is -0.555. The highest BCUT2D eigenvalue weighted by atomic mass is 16.1. The lowest BCUT2D eigenvalue weighted by molar-refractivity contribution is -0.124. The molecule has 1 aliphatic rings. The molecule has 0 saturated carbocycles. The maximum Gasteiger partial charge on any atom is 0.237 e. The zero-order valence-corrected chi connectivity index (χ0v) is 14.3. The van der Waals surface area contributed by atoms with E-state index in [1.54, 1.807) is 0 Å². The summed E-state index contributed by atoms with van der Waals surface area (Å²) in [6.45, 7) is 8.21. The number of nitrogens with zero attached hydrogens (tertiary/aromatic N) is 2. The fourth-order valence-electron chi connectivity index (χ4n) is 3.15. The standard InChI is InChI=1S/C16H34N4O/c1-5-18-16(2,15(17)21)10-6-7-11-20(4)14-8-12-19(3)13-9-14/h14,18H,5-13H2,1-4H3,(H2,17,21). The van der Waals surface area contributed by atoms with Gasteiger partial charge in [-0.05, 0) is 79.3 Å². The number of piperidine rings is 1. The number of primary amides is 1. The largest absolute Gasteiger partial charge is 0.368 e. The van der Waals surface area contributed by atoms with Gasteiger partial charge in [-0.1, -0.05) is 6.92 Å². The topological polar surface area (TPSA) is 61.6 Å². The van der Waals surface area contributed by atoms with E-state index in [1.165, 1.54) is 25.9 Å². The van der Waals surface area contributed by atoms with Crippen molar-refractivity contribution in [2.75, 3.05) is 40.3 Å². The van der Waals surface area contributed by atoms with Gasteiger partial charge in [-0.2, -0.15) is 0 Å². The van der Waals surface area contributed by atoms with E-state index in [-0.39, 0.29) is 5.91 Å². The quantitative estimate of drug-likeness (QED) is 0.624. The van der Waals surface area contributed by atoms with Crippen LogP contribution in [-0.2, 0) is 4.79 Å². The molecular weight excluding hydrogens is 264 g/mol. The van der Waals surface area contributed by atoms with E-state index in [9.17, 15) is 4.79 Å². The Morgan fingerprint density at radius 3 is 2.52 bits per heavy atom. The van der Waals surface area contributed by atoms with Crippen LogP contribution in [0, 0.1) is 0 Å². The monoisotopic (exact) mass is 298 g/mol. The Labute approximate surface area is 130 Å². The van der Waals surface area contributed by atoms with Crippen molar-refractivity contribution < 1.29 is 4.79 Å². The zero-order valence-electron chi connectivity index (χ0n) is 14.3. The molecule has 1 unspecified atom stereocenters. The molecule has 3 N–H and O–H groups in total. The second-order valence-electron chi connectivity index (χ2n) is 6.70. The third kappa shape index (κ3) is 5.93. The molecule has 1 fully saturated rings. The summed E-state index contributed by atoms with van der Waals surface area (Å²) in [6.07, 6.45) is 5.50. The molecule has 0 aromatic heterocycles. The molecule has 0 spiro atoms. The van der Waals surface area contributed by atoms with Crippen molar-refractivity contribution >= 4 is 5.91 Å². The molecule has 1 rings (SSSR count). The second kappa shape index (κ2) is 8.71. The van der Waals surface area contributed by atoms with Gasteiger partial charge in [0.25, 0.3) is 0 Å². The Balaban J connectivity index is 2.25. The molecule has 5 nitrogen and oxygen atoms in total. The van der Waals surface area contributed by atoms with E-state index in [1.807, 2.05) is 13.8 Å². The Hall–Kier alpha value is -0.650. The number of unbranched alkanes of at least 4 members (excludes halogenated alkanes) is 1. The number of carbonyl (C=O) groups is 1. The maximum atomic E-state index is 11.6. The number of amides is 1. The number of rotatable bonds is 9. The predicted molar refractivity (Wildman–Crippen MR) is 88.3 cm³/mol. The average Bonchev–Trinajstić information content (AvgIpc) is 2.44. The highest BCUT2D eigenvalue weighted by Gasteiger charge is 2.29. The van der Waals surface area contributed by atoms with Gasteiger partial charge in [0.1, 0.15) is 0 Å². The van der Waals surface area contributed by atoms with Crippen LogP contribution in [0.5, 0.6) is 0 Å². The van der Waals surface area contributed by atoms with Crippen molar-refractivity contribution in [2.24, 2.45) is 5.73 Å². The maximum absolute atomic E-state index is 11.6. The first kappa shape index (κ1) is 18.4. The average molecular weight is 298 g/mol. The summed E-state index contributed by atoms with van der Waals surface area (Å²) in [7, 11) is 4.43. The van der Waals surface area contributed by atoms with Crippen LogP contribution in [0.1, 0.15) is 46.0 Å². The fourth-order valence-corrected chi connectivity index (χ4v) is 3.15. The molecule has 0 bridgehead atoms. The van der Waals surface area contributed by atoms with Crippen molar-refractivity contribution in [1.82, 2.24) is 15.1 Å². The second-order valence-corrected chi connectivity index (χ2v) is 6.70. The number of hydrogen-bond donors (Lipinski definition) is 2. The van der Waals surface area contributed by atoms with E-state index in [0.29, 0.717) is 0 Å². The minimum Gasteiger partial charge on any atom is -0.368 e. The first-order chi connectivity index (χ1) is 9.89. The molecule has 0 aromatic carbocycles. The van der Waals surface area contributed by atoms with Gasteiger partial charge in [0.15, 0.2) is 0 Å². The van der Waals surface area contributed by atoms with Crippen LogP contribution in [0.4, 0.5) is 0 Å². The molecule has 0 aromatic rings. The molecule has 1 atom stereocenters.